The minimum Gasteiger partial charge on any atom is -0.503 e. The van der Waals surface area contributed by atoms with Crippen molar-refractivity contribution in [2.75, 3.05) is 19.1 Å². The van der Waals surface area contributed by atoms with Crippen LogP contribution in [-0.4, -0.2) is 29.6 Å². The quantitative estimate of drug-likeness (QED) is 0.542. The van der Waals surface area contributed by atoms with Gasteiger partial charge in [-0.2, -0.15) is 0 Å². The van der Waals surface area contributed by atoms with Crippen LogP contribution in [-0.2, 0) is 4.79 Å². The Balaban J connectivity index is 1.93. The number of carbonyl (C=O) groups excluding carboxylic acids is 1. The summed E-state index contributed by atoms with van der Waals surface area (Å²) in [6.07, 6.45) is 1.72. The minimum absolute atomic E-state index is 0.00966. The normalized spacial score (nSPS) is 15.7. The molecule has 1 aliphatic heterocycles. The van der Waals surface area contributed by atoms with Crippen molar-refractivity contribution in [3.8, 4) is 17.2 Å². The zero-order chi connectivity index (χ0) is 18.8. The Morgan fingerprint density at radius 2 is 1.88 bits per heavy atom. The molecule has 1 N–H and O–H groups in total. The van der Waals surface area contributed by atoms with Gasteiger partial charge in [0.15, 0.2) is 15.8 Å². The molecule has 5 nitrogen and oxygen atoms in total. The second kappa shape index (κ2) is 7.69. The Bertz CT molecular complexity index is 912. The van der Waals surface area contributed by atoms with E-state index in [1.54, 1.807) is 49.6 Å². The third kappa shape index (κ3) is 3.58. The van der Waals surface area contributed by atoms with Crippen LogP contribution in [0.3, 0.4) is 0 Å². The molecule has 26 heavy (non-hydrogen) atoms. The molecule has 2 aromatic rings. The van der Waals surface area contributed by atoms with Crippen LogP contribution in [0.15, 0.2) is 45.8 Å². The van der Waals surface area contributed by atoms with Crippen molar-refractivity contribution in [3.05, 3.63) is 51.3 Å². The molecule has 1 heterocycles. The van der Waals surface area contributed by atoms with Crippen molar-refractivity contribution in [1.29, 1.82) is 0 Å². The summed E-state index contributed by atoms with van der Waals surface area (Å²) in [5, 5.41) is 9.91. The Hall–Kier alpha value is -2.03. The number of thiocarbonyl (C=S) groups is 1. The van der Waals surface area contributed by atoms with E-state index < -0.39 is 0 Å². The summed E-state index contributed by atoms with van der Waals surface area (Å²) in [6.45, 7) is 0. The number of ether oxygens (including phenoxy) is 2. The van der Waals surface area contributed by atoms with Gasteiger partial charge >= 0.3 is 0 Å². The number of thioether (sulfide) groups is 1. The first kappa shape index (κ1) is 18.8. The fourth-order valence-corrected chi connectivity index (χ4v) is 4.16. The van der Waals surface area contributed by atoms with E-state index >= 15 is 0 Å². The van der Waals surface area contributed by atoms with Crippen molar-refractivity contribution in [3.63, 3.8) is 0 Å². The van der Waals surface area contributed by atoms with E-state index in [9.17, 15) is 9.90 Å². The number of halogens is 1. The smallest absolute Gasteiger partial charge is 0.270 e. The summed E-state index contributed by atoms with van der Waals surface area (Å²) in [7, 11) is 3.05. The fourth-order valence-electron chi connectivity index (χ4n) is 2.41. The molecule has 1 fully saturated rings. The Kier molecular flexibility index (Phi) is 5.55. The van der Waals surface area contributed by atoms with Crippen LogP contribution in [0.5, 0.6) is 17.2 Å². The van der Waals surface area contributed by atoms with Gasteiger partial charge in [-0.05, 0) is 64.0 Å². The molecule has 0 atom stereocenters. The zero-order valence-corrected chi connectivity index (χ0v) is 17.1. The zero-order valence-electron chi connectivity index (χ0n) is 13.9. The summed E-state index contributed by atoms with van der Waals surface area (Å²) in [5.74, 6) is 0.829. The van der Waals surface area contributed by atoms with Gasteiger partial charge < -0.3 is 14.6 Å². The highest BCUT2D eigenvalue weighted by molar-refractivity contribution is 9.10. The number of aromatic hydroxyl groups is 1. The lowest BCUT2D eigenvalue weighted by Crippen LogP contribution is -2.27. The number of amides is 1. The first-order valence-corrected chi connectivity index (χ1v) is 9.45. The van der Waals surface area contributed by atoms with Gasteiger partial charge in [-0.1, -0.05) is 24.0 Å². The molecule has 0 unspecified atom stereocenters. The Morgan fingerprint density at radius 3 is 2.50 bits per heavy atom. The second-order valence-corrected chi connectivity index (χ2v) is 7.80. The molecule has 0 bridgehead atoms. The van der Waals surface area contributed by atoms with Gasteiger partial charge in [0.25, 0.3) is 5.91 Å². The van der Waals surface area contributed by atoms with Crippen LogP contribution in [0.1, 0.15) is 5.56 Å². The molecule has 1 amide bonds. The first-order chi connectivity index (χ1) is 12.4. The highest BCUT2D eigenvalue weighted by Gasteiger charge is 2.33. The molecular weight excluding hydrogens is 438 g/mol. The number of benzene rings is 2. The standard InChI is InChI=1S/C18H14BrNO4S2/c1-23-12-5-3-11(4-6-12)20-17(22)15(26-18(20)25)9-10-7-13(19)16(21)14(8-10)24-2/h3-9,21H,1-2H3/b15-9+. The molecule has 134 valence electrons. The van der Waals surface area contributed by atoms with Crippen molar-refractivity contribution in [1.82, 2.24) is 0 Å². The number of phenols is 1. The van der Waals surface area contributed by atoms with Gasteiger partial charge in [0.2, 0.25) is 0 Å². The predicted molar refractivity (Wildman–Crippen MR) is 111 cm³/mol. The van der Waals surface area contributed by atoms with Crippen molar-refractivity contribution < 1.29 is 19.4 Å². The van der Waals surface area contributed by atoms with Gasteiger partial charge in [-0.25, -0.2) is 0 Å². The first-order valence-electron chi connectivity index (χ1n) is 7.43. The number of methoxy groups -OCH3 is 2. The van der Waals surface area contributed by atoms with Gasteiger partial charge in [-0.3, -0.25) is 9.69 Å². The highest BCUT2D eigenvalue weighted by atomic mass is 79.9. The molecule has 0 saturated carbocycles. The van der Waals surface area contributed by atoms with Gasteiger partial charge in [0.05, 0.1) is 29.3 Å². The molecule has 0 aliphatic carbocycles. The third-order valence-electron chi connectivity index (χ3n) is 3.69. The molecule has 8 heteroatoms. The second-order valence-electron chi connectivity index (χ2n) is 5.27. The number of nitrogens with zero attached hydrogens (tertiary/aromatic N) is 1. The fraction of sp³-hybridized carbons (Fsp3) is 0.111. The molecule has 2 aromatic carbocycles. The molecule has 0 spiro atoms. The lowest BCUT2D eigenvalue weighted by molar-refractivity contribution is -0.113. The van der Waals surface area contributed by atoms with Crippen LogP contribution in [0, 0.1) is 0 Å². The maximum absolute atomic E-state index is 12.8. The van der Waals surface area contributed by atoms with E-state index in [1.807, 2.05) is 0 Å². The van der Waals surface area contributed by atoms with E-state index in [0.29, 0.717) is 36.4 Å². The number of phenolic OH excluding ortho intramolecular Hbond substituents is 1. The van der Waals surface area contributed by atoms with Crippen LogP contribution < -0.4 is 14.4 Å². The van der Waals surface area contributed by atoms with Gasteiger partial charge in [0.1, 0.15) is 5.75 Å². The minimum atomic E-state index is -0.201. The number of hydrogen-bond acceptors (Lipinski definition) is 6. The van der Waals surface area contributed by atoms with Crippen LogP contribution in [0.2, 0.25) is 0 Å². The van der Waals surface area contributed by atoms with Gasteiger partial charge in [-0.15, -0.1) is 0 Å². The van der Waals surface area contributed by atoms with Crippen LogP contribution in [0.4, 0.5) is 5.69 Å². The average molecular weight is 452 g/mol. The molecule has 1 aliphatic rings. The maximum Gasteiger partial charge on any atom is 0.270 e. The van der Waals surface area contributed by atoms with E-state index in [2.05, 4.69) is 15.9 Å². The Labute approximate surface area is 168 Å². The van der Waals surface area contributed by atoms with Crippen LogP contribution in [0.25, 0.3) is 6.08 Å². The molecule has 1 saturated heterocycles. The van der Waals surface area contributed by atoms with E-state index in [4.69, 9.17) is 21.7 Å². The third-order valence-corrected chi connectivity index (χ3v) is 5.60. The monoisotopic (exact) mass is 451 g/mol. The number of anilines is 1. The summed E-state index contributed by atoms with van der Waals surface area (Å²) < 4.78 is 11.2. The van der Waals surface area contributed by atoms with Crippen molar-refractivity contribution in [2.24, 2.45) is 0 Å². The molecule has 3 rings (SSSR count). The van der Waals surface area contributed by atoms with E-state index in [0.717, 1.165) is 0 Å². The lowest BCUT2D eigenvalue weighted by atomic mass is 10.2. The number of carbonyl (C=O) groups is 1. The van der Waals surface area contributed by atoms with E-state index in [-0.39, 0.29) is 11.7 Å². The summed E-state index contributed by atoms with van der Waals surface area (Å²) >= 11 is 9.87. The molecular formula is C18H14BrNO4S2. The number of rotatable bonds is 4. The molecule has 0 radical (unpaired) electrons. The SMILES string of the molecule is COc1ccc(N2C(=O)/C(=C\c3cc(Br)c(O)c(OC)c3)SC2=S)cc1. The van der Waals surface area contributed by atoms with Gasteiger partial charge in [0, 0.05) is 0 Å². The average Bonchev–Trinajstić information content (AvgIpc) is 2.91. The summed E-state index contributed by atoms with van der Waals surface area (Å²) in [5.41, 5.74) is 1.39. The van der Waals surface area contributed by atoms with Crippen molar-refractivity contribution in [2.45, 2.75) is 0 Å². The topological polar surface area (TPSA) is 59.0 Å². The summed E-state index contributed by atoms with van der Waals surface area (Å²) in [4.78, 5) is 14.8. The Morgan fingerprint density at radius 1 is 1.19 bits per heavy atom. The van der Waals surface area contributed by atoms with E-state index in [1.165, 1.54) is 23.8 Å². The van der Waals surface area contributed by atoms with Crippen LogP contribution >= 0.6 is 39.9 Å². The lowest BCUT2D eigenvalue weighted by Gasteiger charge is -2.14. The van der Waals surface area contributed by atoms with Crippen molar-refractivity contribution >= 4 is 61.9 Å². The largest absolute Gasteiger partial charge is 0.503 e. The maximum atomic E-state index is 12.8. The molecule has 0 aromatic heterocycles. The summed E-state index contributed by atoms with van der Waals surface area (Å²) in [6, 6.07) is 10.5. The number of hydrogen-bond donors (Lipinski definition) is 1. The predicted octanol–water partition coefficient (Wildman–Crippen LogP) is 4.58. The highest BCUT2D eigenvalue weighted by Crippen LogP contribution is 2.39.